The van der Waals surface area contributed by atoms with Crippen LogP contribution in [0.2, 0.25) is 0 Å². The van der Waals surface area contributed by atoms with E-state index in [2.05, 4.69) is 41.8 Å². The van der Waals surface area contributed by atoms with E-state index in [0.717, 1.165) is 12.8 Å². The van der Waals surface area contributed by atoms with Gasteiger partial charge in [0.1, 0.15) is 0 Å². The van der Waals surface area contributed by atoms with Crippen LogP contribution in [0.25, 0.3) is 0 Å². The van der Waals surface area contributed by atoms with Crippen molar-refractivity contribution in [2.45, 2.75) is 31.2 Å². The van der Waals surface area contributed by atoms with Crippen molar-refractivity contribution in [3.05, 3.63) is 57.8 Å². The minimum Gasteiger partial charge on any atom is -0.327 e. The average Bonchev–Trinajstić information content (AvgIpc) is 2.81. The van der Waals surface area contributed by atoms with Gasteiger partial charge in [-0.1, -0.05) is 30.3 Å². The van der Waals surface area contributed by atoms with Crippen LogP contribution >= 0.6 is 11.3 Å². The Bertz CT molecular complexity index is 489. The van der Waals surface area contributed by atoms with Gasteiger partial charge < -0.3 is 5.73 Å². The summed E-state index contributed by atoms with van der Waals surface area (Å²) in [6.45, 7) is 0. The van der Waals surface area contributed by atoms with Crippen molar-refractivity contribution in [1.29, 1.82) is 0 Å². The van der Waals surface area contributed by atoms with Crippen LogP contribution in [0.3, 0.4) is 0 Å². The number of aryl methyl sites for hydroxylation is 1. The Morgan fingerprint density at radius 2 is 2.12 bits per heavy atom. The molecule has 0 saturated heterocycles. The molecule has 0 aliphatic heterocycles. The number of benzene rings is 1. The van der Waals surface area contributed by atoms with Crippen LogP contribution in [0.1, 0.15) is 28.3 Å². The Balaban J connectivity index is 1.60. The topological polar surface area (TPSA) is 26.0 Å². The fourth-order valence-corrected chi connectivity index (χ4v) is 3.37. The highest BCUT2D eigenvalue weighted by atomic mass is 32.1. The minimum absolute atomic E-state index is 0.312. The fourth-order valence-electron chi connectivity index (χ4n) is 2.64. The second kappa shape index (κ2) is 4.63. The number of nitrogens with two attached hydrogens (primary N) is 1. The summed E-state index contributed by atoms with van der Waals surface area (Å²) in [5.74, 6) is 0.589. The molecule has 0 fully saturated rings. The molecule has 1 aliphatic rings. The van der Waals surface area contributed by atoms with E-state index in [1.165, 1.54) is 22.4 Å². The smallest absolute Gasteiger partial charge is 0.0115 e. The molecule has 17 heavy (non-hydrogen) atoms. The van der Waals surface area contributed by atoms with Gasteiger partial charge in [0.15, 0.2) is 0 Å². The maximum Gasteiger partial charge on any atom is 0.0115 e. The van der Waals surface area contributed by atoms with E-state index in [0.29, 0.717) is 12.0 Å². The van der Waals surface area contributed by atoms with Crippen molar-refractivity contribution < 1.29 is 0 Å². The summed E-state index contributed by atoms with van der Waals surface area (Å²) in [7, 11) is 0. The summed E-state index contributed by atoms with van der Waals surface area (Å²) >= 11 is 1.83. The summed E-state index contributed by atoms with van der Waals surface area (Å²) < 4.78 is 0. The molecule has 0 bridgehead atoms. The van der Waals surface area contributed by atoms with Crippen LogP contribution < -0.4 is 5.73 Å². The lowest BCUT2D eigenvalue weighted by Gasteiger charge is -2.34. The van der Waals surface area contributed by atoms with Gasteiger partial charge in [0, 0.05) is 16.8 Å². The maximum absolute atomic E-state index is 6.32. The highest BCUT2D eigenvalue weighted by Crippen LogP contribution is 2.37. The molecule has 1 aromatic heterocycles. The second-order valence-electron chi connectivity index (χ2n) is 4.79. The Morgan fingerprint density at radius 1 is 1.24 bits per heavy atom. The molecule has 2 atom stereocenters. The number of hydrogen-bond acceptors (Lipinski definition) is 2. The number of fused-ring (bicyclic) bond motifs is 1. The lowest BCUT2D eigenvalue weighted by molar-refractivity contribution is 0.459. The molecule has 3 rings (SSSR count). The Morgan fingerprint density at radius 3 is 2.88 bits per heavy atom. The Hall–Kier alpha value is -1.12. The first kappa shape index (κ1) is 11.0. The summed E-state index contributed by atoms with van der Waals surface area (Å²) in [4.78, 5) is 1.45. The van der Waals surface area contributed by atoms with E-state index in [1.807, 2.05) is 11.3 Å². The van der Waals surface area contributed by atoms with Gasteiger partial charge >= 0.3 is 0 Å². The molecule has 2 aromatic rings. The molecular weight excluding hydrogens is 226 g/mol. The monoisotopic (exact) mass is 243 g/mol. The highest BCUT2D eigenvalue weighted by Gasteiger charge is 2.30. The zero-order chi connectivity index (χ0) is 11.7. The van der Waals surface area contributed by atoms with Crippen molar-refractivity contribution in [2.75, 3.05) is 0 Å². The van der Waals surface area contributed by atoms with E-state index < -0.39 is 0 Å². The van der Waals surface area contributed by atoms with Gasteiger partial charge in [-0.2, -0.15) is 0 Å². The molecule has 0 spiro atoms. The van der Waals surface area contributed by atoms with E-state index in [-0.39, 0.29) is 0 Å². The predicted octanol–water partition coefficient (Wildman–Crippen LogP) is 3.35. The number of rotatable bonds is 4. The zero-order valence-corrected chi connectivity index (χ0v) is 10.6. The Kier molecular flexibility index (Phi) is 3.00. The molecule has 1 aromatic carbocycles. The first-order chi connectivity index (χ1) is 8.34. The first-order valence-corrected chi connectivity index (χ1v) is 7.08. The molecule has 1 heterocycles. The van der Waals surface area contributed by atoms with Crippen LogP contribution in [-0.4, -0.2) is 6.04 Å². The van der Waals surface area contributed by atoms with Crippen molar-refractivity contribution in [1.82, 2.24) is 0 Å². The molecule has 88 valence electrons. The van der Waals surface area contributed by atoms with Crippen LogP contribution in [-0.2, 0) is 12.8 Å². The second-order valence-corrected chi connectivity index (χ2v) is 5.82. The molecule has 1 nitrogen and oxygen atoms in total. The van der Waals surface area contributed by atoms with Crippen molar-refractivity contribution in [3.8, 4) is 0 Å². The van der Waals surface area contributed by atoms with E-state index in [9.17, 15) is 0 Å². The van der Waals surface area contributed by atoms with Crippen LogP contribution in [0.5, 0.6) is 0 Å². The van der Waals surface area contributed by atoms with Gasteiger partial charge in [-0.05, 0) is 41.8 Å². The Labute approximate surface area is 106 Å². The average molecular weight is 243 g/mol. The van der Waals surface area contributed by atoms with E-state index in [1.54, 1.807) is 0 Å². The molecule has 2 unspecified atom stereocenters. The summed E-state index contributed by atoms with van der Waals surface area (Å²) in [5.41, 5.74) is 9.28. The quantitative estimate of drug-likeness (QED) is 0.875. The first-order valence-electron chi connectivity index (χ1n) is 6.20. The molecule has 0 saturated carbocycles. The lowest BCUT2D eigenvalue weighted by atomic mass is 9.73. The largest absolute Gasteiger partial charge is 0.327 e. The van der Waals surface area contributed by atoms with Gasteiger partial charge in [-0.25, -0.2) is 0 Å². The van der Waals surface area contributed by atoms with Gasteiger partial charge in [0.05, 0.1) is 0 Å². The lowest BCUT2D eigenvalue weighted by Crippen LogP contribution is -2.35. The number of thiophene rings is 1. The van der Waals surface area contributed by atoms with Gasteiger partial charge in [0.2, 0.25) is 0 Å². The predicted molar refractivity (Wildman–Crippen MR) is 73.5 cm³/mol. The SMILES string of the molecule is NC(CCc1cccs1)C1Cc2ccccc21. The van der Waals surface area contributed by atoms with Gasteiger partial charge in [0.25, 0.3) is 0 Å². The van der Waals surface area contributed by atoms with Crippen LogP contribution in [0, 0.1) is 0 Å². The standard InChI is InChI=1S/C15H17NS/c16-15(8-7-12-5-3-9-17-12)14-10-11-4-1-2-6-13(11)14/h1-6,9,14-15H,7-8,10,16H2. The summed E-state index contributed by atoms with van der Waals surface area (Å²) in [6, 6.07) is 13.3. The molecule has 1 aliphatic carbocycles. The molecular formula is C15H17NS. The van der Waals surface area contributed by atoms with Crippen LogP contribution in [0.15, 0.2) is 41.8 Å². The highest BCUT2D eigenvalue weighted by molar-refractivity contribution is 7.09. The summed E-state index contributed by atoms with van der Waals surface area (Å²) in [5, 5.41) is 2.14. The minimum atomic E-state index is 0.312. The molecule has 2 heteroatoms. The third-order valence-electron chi connectivity index (χ3n) is 3.72. The normalized spacial score (nSPS) is 19.5. The molecule has 0 amide bonds. The van der Waals surface area contributed by atoms with Crippen molar-refractivity contribution in [2.24, 2.45) is 5.73 Å². The van der Waals surface area contributed by atoms with Crippen molar-refractivity contribution in [3.63, 3.8) is 0 Å². The third kappa shape index (κ3) is 2.15. The van der Waals surface area contributed by atoms with Crippen molar-refractivity contribution >= 4 is 11.3 Å². The van der Waals surface area contributed by atoms with Crippen LogP contribution in [0.4, 0.5) is 0 Å². The van der Waals surface area contributed by atoms with Gasteiger partial charge in [-0.15, -0.1) is 11.3 Å². The zero-order valence-electron chi connectivity index (χ0n) is 9.80. The fraction of sp³-hybridized carbons (Fsp3) is 0.333. The van der Waals surface area contributed by atoms with E-state index in [4.69, 9.17) is 5.73 Å². The molecule has 0 radical (unpaired) electrons. The molecule has 2 N–H and O–H groups in total. The summed E-state index contributed by atoms with van der Waals surface area (Å²) in [6.07, 6.45) is 3.39. The number of hydrogen-bond donors (Lipinski definition) is 1. The van der Waals surface area contributed by atoms with Gasteiger partial charge in [-0.3, -0.25) is 0 Å². The van der Waals surface area contributed by atoms with E-state index >= 15 is 0 Å². The maximum atomic E-state index is 6.32. The third-order valence-corrected chi connectivity index (χ3v) is 4.65.